The van der Waals surface area contributed by atoms with Gasteiger partial charge in [0.15, 0.2) is 10.2 Å². The largest absolute Gasteiger partial charge is 0.507 e. The van der Waals surface area contributed by atoms with Gasteiger partial charge in [-0.05, 0) is 36.5 Å². The molecule has 0 aliphatic rings. The summed E-state index contributed by atoms with van der Waals surface area (Å²) in [6, 6.07) is 7.12. The van der Waals surface area contributed by atoms with E-state index in [-0.39, 0.29) is 16.2 Å². The summed E-state index contributed by atoms with van der Waals surface area (Å²) in [5.74, 6) is -3.05. The van der Waals surface area contributed by atoms with Crippen LogP contribution in [-0.2, 0) is 0 Å². The van der Waals surface area contributed by atoms with Gasteiger partial charge in [0.1, 0.15) is 22.9 Å². The van der Waals surface area contributed by atoms with Gasteiger partial charge in [-0.3, -0.25) is 0 Å². The van der Waals surface area contributed by atoms with Crippen LogP contribution in [0, 0.1) is 11.6 Å². The number of carboxylic acids is 1. The molecule has 3 aromatic rings. The first-order valence-corrected chi connectivity index (χ1v) is 8.67. The number of nitrogens with zero attached hydrogens (tertiary/aromatic N) is 1. The van der Waals surface area contributed by atoms with Crippen LogP contribution in [0.2, 0.25) is 0 Å². The minimum absolute atomic E-state index is 0.137. The molecule has 0 amide bonds. The SMILES string of the molecule is O=C(O)c1ccc(NC(=S)Nc2nc(-c3ccc(F)cc3F)cs2)cc1O. The number of aromatic nitrogens is 1. The first-order chi connectivity index (χ1) is 12.8. The number of nitrogens with one attached hydrogen (secondary N) is 2. The van der Waals surface area contributed by atoms with Gasteiger partial charge in [-0.2, -0.15) is 0 Å². The molecule has 4 N–H and O–H groups in total. The second-order valence-corrected chi connectivity index (χ2v) is 6.54. The highest BCUT2D eigenvalue weighted by Crippen LogP contribution is 2.28. The Bertz CT molecular complexity index is 1040. The van der Waals surface area contributed by atoms with Gasteiger partial charge in [0.05, 0.1) is 5.69 Å². The lowest BCUT2D eigenvalue weighted by molar-refractivity contribution is 0.0694. The number of thiazole rings is 1. The third-order valence-corrected chi connectivity index (χ3v) is 4.38. The number of benzene rings is 2. The number of carboxylic acid groups (broad SMARTS) is 1. The third-order valence-electron chi connectivity index (χ3n) is 3.42. The van der Waals surface area contributed by atoms with Crippen LogP contribution >= 0.6 is 23.6 Å². The van der Waals surface area contributed by atoms with Crippen molar-refractivity contribution in [2.24, 2.45) is 0 Å². The van der Waals surface area contributed by atoms with Crippen LogP contribution in [0.5, 0.6) is 5.75 Å². The number of aromatic hydroxyl groups is 1. The second-order valence-electron chi connectivity index (χ2n) is 5.28. The normalized spacial score (nSPS) is 10.4. The van der Waals surface area contributed by atoms with E-state index in [1.54, 1.807) is 5.38 Å². The molecule has 0 bridgehead atoms. The Kier molecular flexibility index (Phi) is 5.28. The van der Waals surface area contributed by atoms with E-state index >= 15 is 0 Å². The number of hydrogen-bond acceptors (Lipinski definition) is 5. The fourth-order valence-corrected chi connectivity index (χ4v) is 3.20. The zero-order valence-corrected chi connectivity index (χ0v) is 15.0. The molecule has 3 rings (SSSR count). The average molecular weight is 407 g/mol. The van der Waals surface area contributed by atoms with Crippen LogP contribution in [0.4, 0.5) is 19.6 Å². The molecule has 0 saturated carbocycles. The molecule has 10 heteroatoms. The molecule has 0 spiro atoms. The van der Waals surface area contributed by atoms with E-state index in [2.05, 4.69) is 15.6 Å². The number of aromatic carboxylic acids is 1. The molecule has 0 saturated heterocycles. The predicted molar refractivity (Wildman–Crippen MR) is 102 cm³/mol. The van der Waals surface area contributed by atoms with Crippen LogP contribution in [0.25, 0.3) is 11.3 Å². The molecule has 6 nitrogen and oxygen atoms in total. The highest BCUT2D eigenvalue weighted by molar-refractivity contribution is 7.80. The van der Waals surface area contributed by atoms with Crippen molar-refractivity contribution < 1.29 is 23.8 Å². The van der Waals surface area contributed by atoms with E-state index in [1.165, 1.54) is 35.6 Å². The summed E-state index contributed by atoms with van der Waals surface area (Å²) in [4.78, 5) is 15.1. The molecular weight excluding hydrogens is 396 g/mol. The highest BCUT2D eigenvalue weighted by Gasteiger charge is 2.12. The average Bonchev–Trinajstić information content (AvgIpc) is 3.02. The maximum atomic E-state index is 13.8. The Labute approximate surface area is 161 Å². The van der Waals surface area contributed by atoms with Crippen molar-refractivity contribution in [1.82, 2.24) is 4.98 Å². The van der Waals surface area contributed by atoms with Gasteiger partial charge in [-0.1, -0.05) is 0 Å². The van der Waals surface area contributed by atoms with Crippen molar-refractivity contribution in [2.75, 3.05) is 10.6 Å². The van der Waals surface area contributed by atoms with Crippen molar-refractivity contribution >= 4 is 45.5 Å². The molecule has 1 heterocycles. The Morgan fingerprint density at radius 1 is 1.15 bits per heavy atom. The summed E-state index contributed by atoms with van der Waals surface area (Å²) in [6.07, 6.45) is 0. The van der Waals surface area contributed by atoms with Gasteiger partial charge in [-0.25, -0.2) is 18.6 Å². The van der Waals surface area contributed by atoms with Crippen LogP contribution in [0.1, 0.15) is 10.4 Å². The van der Waals surface area contributed by atoms with Gasteiger partial charge in [0.2, 0.25) is 0 Å². The molecule has 2 aromatic carbocycles. The fraction of sp³-hybridized carbons (Fsp3) is 0. The standard InChI is InChI=1S/C17H11F2N3O3S2/c18-8-1-3-10(12(19)5-8)13-7-27-17(21-13)22-16(26)20-9-2-4-11(15(24)25)14(23)6-9/h1-7,23H,(H,24,25)(H2,20,21,22,26). The number of hydrogen-bond donors (Lipinski definition) is 4. The predicted octanol–water partition coefficient (Wildman–Crippen LogP) is 4.30. The van der Waals surface area contributed by atoms with E-state index < -0.39 is 23.4 Å². The van der Waals surface area contributed by atoms with Crippen LogP contribution in [0.3, 0.4) is 0 Å². The van der Waals surface area contributed by atoms with Crippen molar-refractivity contribution in [3.05, 3.63) is 59.0 Å². The van der Waals surface area contributed by atoms with Crippen LogP contribution in [0.15, 0.2) is 41.8 Å². The van der Waals surface area contributed by atoms with Gasteiger partial charge >= 0.3 is 5.97 Å². The monoisotopic (exact) mass is 407 g/mol. The van der Waals surface area contributed by atoms with Crippen molar-refractivity contribution in [1.29, 1.82) is 0 Å². The molecule has 0 unspecified atom stereocenters. The minimum Gasteiger partial charge on any atom is -0.507 e. The van der Waals surface area contributed by atoms with Crippen molar-refractivity contribution in [3.63, 3.8) is 0 Å². The highest BCUT2D eigenvalue weighted by atomic mass is 32.1. The zero-order valence-electron chi connectivity index (χ0n) is 13.4. The molecule has 0 radical (unpaired) electrons. The van der Waals surface area contributed by atoms with Crippen molar-refractivity contribution in [3.8, 4) is 17.0 Å². The molecule has 27 heavy (non-hydrogen) atoms. The Morgan fingerprint density at radius 3 is 2.59 bits per heavy atom. The lowest BCUT2D eigenvalue weighted by Gasteiger charge is -2.09. The molecular formula is C17H11F2N3O3S2. The molecule has 0 atom stereocenters. The van der Waals surface area contributed by atoms with Crippen LogP contribution in [-0.4, -0.2) is 26.3 Å². The number of halogens is 2. The third kappa shape index (κ3) is 4.36. The summed E-state index contributed by atoms with van der Waals surface area (Å²) in [7, 11) is 0. The van der Waals surface area contributed by atoms with Crippen molar-refractivity contribution in [2.45, 2.75) is 0 Å². The van der Waals surface area contributed by atoms with Crippen LogP contribution < -0.4 is 10.6 Å². The Balaban J connectivity index is 1.69. The number of anilines is 2. The Morgan fingerprint density at radius 2 is 1.93 bits per heavy atom. The van der Waals surface area contributed by atoms with E-state index in [1.807, 2.05) is 0 Å². The Hall–Kier alpha value is -3.11. The van der Waals surface area contributed by atoms with E-state index in [0.717, 1.165) is 12.1 Å². The van der Waals surface area contributed by atoms with E-state index in [4.69, 9.17) is 17.3 Å². The summed E-state index contributed by atoms with van der Waals surface area (Å²) in [6.45, 7) is 0. The van der Waals surface area contributed by atoms with E-state index in [9.17, 15) is 18.7 Å². The summed E-state index contributed by atoms with van der Waals surface area (Å²) >= 11 is 6.31. The molecule has 1 aromatic heterocycles. The lowest BCUT2D eigenvalue weighted by atomic mass is 10.1. The minimum atomic E-state index is -1.25. The summed E-state index contributed by atoms with van der Waals surface area (Å²) in [5, 5.41) is 26.3. The second kappa shape index (κ2) is 7.64. The fourth-order valence-electron chi connectivity index (χ4n) is 2.20. The van der Waals surface area contributed by atoms with E-state index in [0.29, 0.717) is 16.5 Å². The maximum absolute atomic E-state index is 13.8. The summed E-state index contributed by atoms with van der Waals surface area (Å²) < 4.78 is 26.8. The van der Waals surface area contributed by atoms with Gasteiger partial charge < -0.3 is 20.8 Å². The first kappa shape index (κ1) is 18.7. The number of phenols is 1. The van der Waals surface area contributed by atoms with Gasteiger partial charge in [0, 0.05) is 28.8 Å². The summed E-state index contributed by atoms with van der Waals surface area (Å²) in [5.41, 5.74) is 0.627. The molecule has 0 aliphatic heterocycles. The quantitative estimate of drug-likeness (QED) is 0.479. The van der Waals surface area contributed by atoms with Gasteiger partial charge in [0.25, 0.3) is 0 Å². The molecule has 0 aliphatic carbocycles. The van der Waals surface area contributed by atoms with Gasteiger partial charge in [-0.15, -0.1) is 11.3 Å². The lowest BCUT2D eigenvalue weighted by Crippen LogP contribution is -2.19. The maximum Gasteiger partial charge on any atom is 0.339 e. The topological polar surface area (TPSA) is 94.5 Å². The molecule has 0 fully saturated rings. The first-order valence-electron chi connectivity index (χ1n) is 7.39. The number of carbonyl (C=O) groups is 1. The number of rotatable bonds is 4. The number of thiocarbonyl (C=S) groups is 1. The smallest absolute Gasteiger partial charge is 0.339 e. The zero-order chi connectivity index (χ0) is 19.6. The molecule has 138 valence electrons.